The van der Waals surface area contributed by atoms with Crippen LogP contribution in [-0.4, -0.2) is 134 Å². The molecule has 17 heteroatoms. The van der Waals surface area contributed by atoms with Crippen LogP contribution in [0.5, 0.6) is 0 Å². The van der Waals surface area contributed by atoms with Gasteiger partial charge in [0.1, 0.15) is 23.9 Å². The van der Waals surface area contributed by atoms with Gasteiger partial charge in [-0.05, 0) is 83.5 Å². The number of hydrogen-bond donors (Lipinski definition) is 3. The normalized spacial score (nSPS) is 45.9. The lowest BCUT2D eigenvalue weighted by atomic mass is 9.49. The van der Waals surface area contributed by atoms with E-state index >= 15 is 0 Å². The molecule has 3 aliphatic heterocycles. The summed E-state index contributed by atoms with van der Waals surface area (Å²) in [5, 5.41) is 40.0. The van der Waals surface area contributed by atoms with E-state index in [0.717, 1.165) is 20.3 Å². The predicted molar refractivity (Wildman–Crippen MR) is 214 cm³/mol. The third-order valence-electron chi connectivity index (χ3n) is 16.7. The van der Waals surface area contributed by atoms with Gasteiger partial charge in [-0.1, -0.05) is 27.7 Å². The molecular formula is C45H67NO16. The van der Waals surface area contributed by atoms with Gasteiger partial charge in [0.15, 0.2) is 12.2 Å². The molecule has 1 spiro atoms. The van der Waals surface area contributed by atoms with Crippen LogP contribution >= 0.6 is 0 Å². The quantitative estimate of drug-likeness (QED) is 0.212. The van der Waals surface area contributed by atoms with Gasteiger partial charge < -0.3 is 48.5 Å². The second-order valence-corrected chi connectivity index (χ2v) is 20.5. The fourth-order valence-electron chi connectivity index (χ4n) is 13.9. The number of hydrogen-bond acceptors (Lipinski definition) is 17. The Morgan fingerprint density at radius 3 is 2.13 bits per heavy atom. The zero-order valence-corrected chi connectivity index (χ0v) is 38.0. The van der Waals surface area contributed by atoms with Crippen LogP contribution in [0.25, 0.3) is 0 Å². The summed E-state index contributed by atoms with van der Waals surface area (Å²) in [6, 6.07) is -0.327. The molecule has 4 saturated carbocycles. The SMILES string of the molecule is CCC(C)C(=O)OC1C(OC(C)=O)C2C(CN3CC(C)CCC3C2(C)O)C2CC34OC5(O)C(OC(=O)C(C)(OC(C)=O)C(C)OC(C)=O)CCC3(C)C5CC(OC(C)=O)C4C21O. The number of aliphatic hydroxyl groups is 3. The molecule has 3 heterocycles. The van der Waals surface area contributed by atoms with Crippen LogP contribution in [0.2, 0.25) is 0 Å². The van der Waals surface area contributed by atoms with Crippen LogP contribution in [0.3, 0.4) is 0 Å². The smallest absolute Gasteiger partial charge is 0.354 e. The first-order valence-corrected chi connectivity index (χ1v) is 22.5. The van der Waals surface area contributed by atoms with Crippen molar-refractivity contribution in [3.8, 4) is 0 Å². The second kappa shape index (κ2) is 15.7. The minimum Gasteiger partial charge on any atom is -0.462 e. The molecule has 19 atom stereocenters. The van der Waals surface area contributed by atoms with Gasteiger partial charge in [0, 0.05) is 64.1 Å². The summed E-state index contributed by atoms with van der Waals surface area (Å²) in [6.45, 7) is 17.7. The Bertz CT molecular complexity index is 1860. The van der Waals surface area contributed by atoms with Crippen molar-refractivity contribution in [2.24, 2.45) is 46.8 Å². The summed E-state index contributed by atoms with van der Waals surface area (Å²) in [4.78, 5) is 81.1. The van der Waals surface area contributed by atoms with Crippen LogP contribution in [-0.2, 0) is 61.9 Å². The summed E-state index contributed by atoms with van der Waals surface area (Å²) in [5.74, 6) is -11.6. The van der Waals surface area contributed by atoms with Crippen molar-refractivity contribution in [1.82, 2.24) is 4.90 Å². The predicted octanol–water partition coefficient (Wildman–Crippen LogP) is 2.75. The Hall–Kier alpha value is -3.38. The van der Waals surface area contributed by atoms with Crippen molar-refractivity contribution >= 4 is 35.8 Å². The maximum atomic E-state index is 14.2. The molecule has 7 rings (SSSR count). The van der Waals surface area contributed by atoms with Gasteiger partial charge in [-0.15, -0.1) is 0 Å². The second-order valence-electron chi connectivity index (χ2n) is 20.5. The lowest BCUT2D eigenvalue weighted by molar-refractivity contribution is -0.302. The van der Waals surface area contributed by atoms with E-state index in [4.69, 9.17) is 33.2 Å². The van der Waals surface area contributed by atoms with E-state index in [0.29, 0.717) is 31.8 Å². The van der Waals surface area contributed by atoms with E-state index in [2.05, 4.69) is 11.8 Å². The fraction of sp³-hybridized carbons (Fsp3) is 0.867. The third kappa shape index (κ3) is 6.79. The maximum absolute atomic E-state index is 14.2. The number of piperidine rings is 2. The summed E-state index contributed by atoms with van der Waals surface area (Å²) < 4.78 is 42.7. The van der Waals surface area contributed by atoms with Crippen LogP contribution in [0.1, 0.15) is 121 Å². The zero-order chi connectivity index (χ0) is 45.9. The first-order valence-electron chi connectivity index (χ1n) is 22.5. The molecule has 19 unspecified atom stereocenters. The standard InChI is InChI=1S/C45H67NO16/c1-12-22(3)38(51)60-37-35(58-26(7)49)34-28(20-46-19-21(2)13-14-32(46)41(34,10)53)29-18-43-36(44(29,37)54)30(57-25(6)48)17-31-40(43,9)16-15-33(45(31,55)62-43)59-39(52)42(11,61-27(8)50)23(4)56-24(5)47/h21-23,28-37,53-55H,12-20H2,1-11H3. The molecule has 0 aromatic rings. The van der Waals surface area contributed by atoms with E-state index < -0.39 is 135 Å². The molecule has 4 aliphatic carbocycles. The molecule has 0 amide bonds. The van der Waals surface area contributed by atoms with E-state index in [1.165, 1.54) is 27.7 Å². The summed E-state index contributed by atoms with van der Waals surface area (Å²) in [7, 11) is 0. The summed E-state index contributed by atoms with van der Waals surface area (Å²) >= 11 is 0. The molecule has 0 aromatic heterocycles. The van der Waals surface area contributed by atoms with Crippen molar-refractivity contribution in [3.05, 3.63) is 0 Å². The van der Waals surface area contributed by atoms with Crippen LogP contribution in [0.4, 0.5) is 0 Å². The molecule has 3 N–H and O–H groups in total. The Labute approximate surface area is 363 Å². The molecule has 4 bridgehead atoms. The lowest BCUT2D eigenvalue weighted by Crippen LogP contribution is -2.77. The molecule has 62 heavy (non-hydrogen) atoms. The molecule has 3 saturated heterocycles. The maximum Gasteiger partial charge on any atom is 0.354 e. The number of carbonyl (C=O) groups excluding carboxylic acids is 6. The van der Waals surface area contributed by atoms with Crippen molar-refractivity contribution in [1.29, 1.82) is 0 Å². The van der Waals surface area contributed by atoms with Gasteiger partial charge in [0.2, 0.25) is 11.4 Å². The van der Waals surface area contributed by atoms with Gasteiger partial charge in [-0.3, -0.25) is 28.9 Å². The lowest BCUT2D eigenvalue weighted by Gasteiger charge is -2.64. The van der Waals surface area contributed by atoms with Crippen LogP contribution in [0.15, 0.2) is 0 Å². The topological polar surface area (TPSA) is 231 Å². The van der Waals surface area contributed by atoms with Crippen molar-refractivity contribution in [3.63, 3.8) is 0 Å². The zero-order valence-electron chi connectivity index (χ0n) is 38.0. The van der Waals surface area contributed by atoms with E-state index in [1.54, 1.807) is 13.8 Å². The number of esters is 6. The van der Waals surface area contributed by atoms with Gasteiger partial charge in [0.05, 0.1) is 23.0 Å². The van der Waals surface area contributed by atoms with Crippen LogP contribution in [0, 0.1) is 46.8 Å². The Kier molecular flexibility index (Phi) is 11.8. The highest BCUT2D eigenvalue weighted by atomic mass is 16.7. The van der Waals surface area contributed by atoms with Crippen molar-refractivity contribution in [2.75, 3.05) is 13.1 Å². The highest BCUT2D eigenvalue weighted by molar-refractivity contribution is 5.84. The number of nitrogens with zero attached hydrogens (tertiary/aromatic N) is 1. The van der Waals surface area contributed by atoms with Gasteiger partial charge in [-0.2, -0.15) is 0 Å². The third-order valence-corrected chi connectivity index (χ3v) is 16.7. The number of fused-ring (bicyclic) bond motifs is 5. The van der Waals surface area contributed by atoms with E-state index in [9.17, 15) is 44.1 Å². The van der Waals surface area contributed by atoms with Gasteiger partial charge >= 0.3 is 35.8 Å². The molecule has 0 radical (unpaired) electrons. The molecule has 7 fully saturated rings. The summed E-state index contributed by atoms with van der Waals surface area (Å²) in [5.41, 5.74) is -8.28. The number of carbonyl (C=O) groups is 6. The average Bonchev–Trinajstić information content (AvgIpc) is 3.43. The van der Waals surface area contributed by atoms with Crippen molar-refractivity contribution in [2.45, 2.75) is 186 Å². The highest BCUT2D eigenvalue weighted by Crippen LogP contribution is 2.78. The molecule has 348 valence electrons. The van der Waals surface area contributed by atoms with E-state index in [-0.39, 0.29) is 31.7 Å². The molecule has 0 aromatic carbocycles. The van der Waals surface area contributed by atoms with Crippen LogP contribution < -0.4 is 0 Å². The Balaban J connectivity index is 1.39. The Morgan fingerprint density at radius 2 is 1.53 bits per heavy atom. The highest BCUT2D eigenvalue weighted by Gasteiger charge is 2.88. The number of rotatable bonds is 10. The average molecular weight is 878 g/mol. The minimum absolute atomic E-state index is 0.0477. The van der Waals surface area contributed by atoms with Gasteiger partial charge in [-0.25, -0.2) is 4.79 Å². The Morgan fingerprint density at radius 1 is 0.871 bits per heavy atom. The first-order chi connectivity index (χ1) is 28.7. The monoisotopic (exact) mass is 877 g/mol. The fourth-order valence-corrected chi connectivity index (χ4v) is 13.9. The largest absolute Gasteiger partial charge is 0.462 e. The van der Waals surface area contributed by atoms with E-state index in [1.807, 2.05) is 13.8 Å². The van der Waals surface area contributed by atoms with Gasteiger partial charge in [0.25, 0.3) is 0 Å². The van der Waals surface area contributed by atoms with Crippen molar-refractivity contribution < 1.29 is 77.2 Å². The number of ether oxygens (including phenoxy) is 7. The molecule has 17 nitrogen and oxygen atoms in total. The summed E-state index contributed by atoms with van der Waals surface area (Å²) in [6.07, 6.45) is -4.49. The molecule has 7 aliphatic rings. The molecular weight excluding hydrogens is 810 g/mol. The minimum atomic E-state index is -2.26. The first kappa shape index (κ1) is 46.6.